The van der Waals surface area contributed by atoms with Crippen LogP contribution in [0.4, 0.5) is 23.7 Å². The van der Waals surface area contributed by atoms with Gasteiger partial charge in [0.15, 0.2) is 5.82 Å². The van der Waals surface area contributed by atoms with Crippen molar-refractivity contribution in [2.75, 3.05) is 35.8 Å². The molecule has 8 heteroatoms. The molecule has 2 aromatic rings. The second kappa shape index (κ2) is 5.92. The van der Waals surface area contributed by atoms with Gasteiger partial charge in [-0.3, -0.25) is 5.10 Å². The minimum absolute atomic E-state index is 0.460. The zero-order valence-electron chi connectivity index (χ0n) is 14.5. The van der Waals surface area contributed by atoms with Crippen molar-refractivity contribution in [1.29, 1.82) is 0 Å². The van der Waals surface area contributed by atoms with E-state index >= 15 is 0 Å². The van der Waals surface area contributed by atoms with E-state index in [1.165, 1.54) is 31.4 Å². The molecule has 2 aromatic heterocycles. The molecule has 1 atom stereocenters. The molecule has 0 unspecified atom stereocenters. The van der Waals surface area contributed by atoms with Crippen LogP contribution in [0.3, 0.4) is 0 Å². The van der Waals surface area contributed by atoms with Gasteiger partial charge in [0.1, 0.15) is 0 Å². The van der Waals surface area contributed by atoms with Crippen LogP contribution in [-0.4, -0.2) is 51.8 Å². The van der Waals surface area contributed by atoms with E-state index in [2.05, 4.69) is 48.4 Å². The first-order chi connectivity index (χ1) is 11.6. The Hall–Kier alpha value is -2.38. The van der Waals surface area contributed by atoms with Crippen LogP contribution < -0.4 is 15.1 Å². The van der Waals surface area contributed by atoms with Crippen LogP contribution in [0.15, 0.2) is 6.07 Å². The van der Waals surface area contributed by atoms with Gasteiger partial charge in [0.25, 0.3) is 0 Å². The number of H-pyrrole nitrogens is 1. The molecule has 1 saturated carbocycles. The highest BCUT2D eigenvalue weighted by Crippen LogP contribution is 2.39. The number of nitrogens with zero attached hydrogens (tertiary/aromatic N) is 6. The lowest BCUT2D eigenvalue weighted by Gasteiger charge is -2.23. The van der Waals surface area contributed by atoms with Gasteiger partial charge < -0.3 is 15.1 Å². The van der Waals surface area contributed by atoms with Crippen LogP contribution in [0, 0.1) is 0 Å². The van der Waals surface area contributed by atoms with Crippen molar-refractivity contribution in [1.82, 2.24) is 25.1 Å². The quantitative estimate of drug-likeness (QED) is 0.870. The summed E-state index contributed by atoms with van der Waals surface area (Å²) in [5, 5.41) is 10.6. The SMILES string of the molecule is C[C@H]1CCCN1c1nc(Nc2cc(C3CC3)[nH]n2)nc(N(C)C)n1. The Labute approximate surface area is 141 Å². The van der Waals surface area contributed by atoms with Crippen LogP contribution >= 0.6 is 0 Å². The third kappa shape index (κ3) is 3.00. The summed E-state index contributed by atoms with van der Waals surface area (Å²) in [6.07, 6.45) is 4.84. The number of aromatic amines is 1. The predicted molar refractivity (Wildman–Crippen MR) is 94.0 cm³/mol. The first-order valence-electron chi connectivity index (χ1n) is 8.62. The van der Waals surface area contributed by atoms with Crippen molar-refractivity contribution in [3.05, 3.63) is 11.8 Å². The van der Waals surface area contributed by atoms with Crippen LogP contribution in [-0.2, 0) is 0 Å². The molecule has 4 rings (SSSR count). The largest absolute Gasteiger partial charge is 0.347 e. The fourth-order valence-electron chi connectivity index (χ4n) is 3.09. The number of hydrogen-bond donors (Lipinski definition) is 2. The van der Waals surface area contributed by atoms with E-state index in [1.807, 2.05) is 19.0 Å². The van der Waals surface area contributed by atoms with Gasteiger partial charge in [0.05, 0.1) is 0 Å². The smallest absolute Gasteiger partial charge is 0.235 e. The lowest BCUT2D eigenvalue weighted by atomic mass is 10.2. The van der Waals surface area contributed by atoms with Crippen molar-refractivity contribution in [3.63, 3.8) is 0 Å². The molecule has 8 nitrogen and oxygen atoms in total. The van der Waals surface area contributed by atoms with Gasteiger partial charge in [-0.2, -0.15) is 20.1 Å². The topological polar surface area (TPSA) is 85.9 Å². The third-order valence-electron chi connectivity index (χ3n) is 4.68. The molecule has 2 fully saturated rings. The Kier molecular flexibility index (Phi) is 3.74. The highest BCUT2D eigenvalue weighted by atomic mass is 15.4. The molecule has 0 aromatic carbocycles. The Morgan fingerprint density at radius 3 is 2.71 bits per heavy atom. The molecule has 1 aliphatic carbocycles. The van der Waals surface area contributed by atoms with Gasteiger partial charge in [-0.15, -0.1) is 0 Å². The standard InChI is InChI=1S/C16H24N8/c1-10-5-4-8-24(10)16-19-14(18-15(20-16)23(2)3)17-13-9-12(21-22-13)11-6-7-11/h9-11H,4-8H2,1-3H3,(H2,17,18,19,20,21,22)/t10-/m0/s1. The molecule has 1 aliphatic heterocycles. The van der Waals surface area contributed by atoms with Crippen LogP contribution in [0.5, 0.6) is 0 Å². The molecular weight excluding hydrogens is 304 g/mol. The van der Waals surface area contributed by atoms with E-state index in [4.69, 9.17) is 0 Å². The number of hydrogen-bond acceptors (Lipinski definition) is 7. The number of aromatic nitrogens is 5. The average Bonchev–Trinajstić information content (AvgIpc) is 3.16. The van der Waals surface area contributed by atoms with Crippen LogP contribution in [0.1, 0.15) is 44.2 Å². The average molecular weight is 328 g/mol. The molecule has 2 aliphatic rings. The van der Waals surface area contributed by atoms with Crippen molar-refractivity contribution in [2.24, 2.45) is 0 Å². The Balaban J connectivity index is 1.61. The summed E-state index contributed by atoms with van der Waals surface area (Å²) < 4.78 is 0. The maximum Gasteiger partial charge on any atom is 0.235 e. The van der Waals surface area contributed by atoms with E-state index in [9.17, 15) is 0 Å². The Bertz CT molecular complexity index is 721. The van der Waals surface area contributed by atoms with Crippen LogP contribution in [0.25, 0.3) is 0 Å². The maximum absolute atomic E-state index is 4.63. The van der Waals surface area contributed by atoms with Gasteiger partial charge in [0.2, 0.25) is 17.8 Å². The zero-order chi connectivity index (χ0) is 16.7. The molecule has 128 valence electrons. The summed E-state index contributed by atoms with van der Waals surface area (Å²) in [7, 11) is 3.88. The molecular formula is C16H24N8. The van der Waals surface area contributed by atoms with Crippen molar-refractivity contribution in [2.45, 2.75) is 44.6 Å². The van der Waals surface area contributed by atoms with E-state index in [0.717, 1.165) is 18.3 Å². The predicted octanol–water partition coefficient (Wildman–Crippen LogP) is 2.27. The van der Waals surface area contributed by atoms with Gasteiger partial charge in [-0.25, -0.2) is 0 Å². The molecule has 0 amide bonds. The minimum Gasteiger partial charge on any atom is -0.347 e. The maximum atomic E-state index is 4.63. The lowest BCUT2D eigenvalue weighted by molar-refractivity contribution is 0.714. The van der Waals surface area contributed by atoms with E-state index < -0.39 is 0 Å². The van der Waals surface area contributed by atoms with Gasteiger partial charge >= 0.3 is 0 Å². The highest BCUT2D eigenvalue weighted by Gasteiger charge is 2.26. The first-order valence-corrected chi connectivity index (χ1v) is 8.62. The number of nitrogens with one attached hydrogen (secondary N) is 2. The van der Waals surface area contributed by atoms with Crippen molar-refractivity contribution in [3.8, 4) is 0 Å². The van der Waals surface area contributed by atoms with E-state index in [1.54, 1.807) is 0 Å². The second-order valence-corrected chi connectivity index (χ2v) is 6.95. The molecule has 0 radical (unpaired) electrons. The lowest BCUT2D eigenvalue weighted by Crippen LogP contribution is -2.29. The van der Waals surface area contributed by atoms with Gasteiger partial charge in [-0.1, -0.05) is 0 Å². The highest BCUT2D eigenvalue weighted by molar-refractivity contribution is 5.53. The zero-order valence-corrected chi connectivity index (χ0v) is 14.5. The van der Waals surface area contributed by atoms with Crippen molar-refractivity contribution >= 4 is 23.7 Å². The summed E-state index contributed by atoms with van der Waals surface area (Å²) >= 11 is 0. The fourth-order valence-corrected chi connectivity index (χ4v) is 3.09. The monoisotopic (exact) mass is 328 g/mol. The van der Waals surface area contributed by atoms with Crippen LogP contribution in [0.2, 0.25) is 0 Å². The second-order valence-electron chi connectivity index (χ2n) is 6.95. The number of anilines is 4. The van der Waals surface area contributed by atoms with E-state index in [-0.39, 0.29) is 0 Å². The van der Waals surface area contributed by atoms with E-state index in [0.29, 0.717) is 23.9 Å². The molecule has 1 saturated heterocycles. The molecule has 0 bridgehead atoms. The summed E-state index contributed by atoms with van der Waals surface area (Å²) in [5.74, 6) is 3.33. The van der Waals surface area contributed by atoms with Crippen molar-refractivity contribution < 1.29 is 0 Å². The molecule has 3 heterocycles. The van der Waals surface area contributed by atoms with Gasteiger partial charge in [0, 0.05) is 44.4 Å². The first kappa shape index (κ1) is 15.2. The Morgan fingerprint density at radius 2 is 2.04 bits per heavy atom. The third-order valence-corrected chi connectivity index (χ3v) is 4.68. The molecule has 0 spiro atoms. The summed E-state index contributed by atoms with van der Waals surface area (Å²) in [5.41, 5.74) is 1.19. The summed E-state index contributed by atoms with van der Waals surface area (Å²) in [6, 6.07) is 2.51. The number of rotatable bonds is 5. The van der Waals surface area contributed by atoms with Gasteiger partial charge in [-0.05, 0) is 32.6 Å². The summed E-state index contributed by atoms with van der Waals surface area (Å²) in [4.78, 5) is 17.9. The fraction of sp³-hybridized carbons (Fsp3) is 0.625. The summed E-state index contributed by atoms with van der Waals surface area (Å²) in [6.45, 7) is 3.21. The minimum atomic E-state index is 0.460. The Morgan fingerprint density at radius 1 is 1.21 bits per heavy atom. The molecule has 24 heavy (non-hydrogen) atoms. The normalized spacial score (nSPS) is 20.5. The molecule has 2 N–H and O–H groups in total.